The fourth-order valence-electron chi connectivity index (χ4n) is 1.97. The van der Waals surface area contributed by atoms with Gasteiger partial charge in [-0.1, -0.05) is 59.5 Å². The van der Waals surface area contributed by atoms with Crippen molar-refractivity contribution in [2.45, 2.75) is 17.2 Å². The van der Waals surface area contributed by atoms with E-state index in [1.54, 1.807) is 17.8 Å². The molecule has 0 aliphatic heterocycles. The van der Waals surface area contributed by atoms with Gasteiger partial charge in [0.15, 0.2) is 4.34 Å². The number of rotatable bonds is 7. The molecular weight excluding hydrogens is 346 g/mol. The van der Waals surface area contributed by atoms with Crippen molar-refractivity contribution in [2.24, 2.45) is 0 Å². The Balaban J connectivity index is 1.43. The number of benzene rings is 1. The summed E-state index contributed by atoms with van der Waals surface area (Å²) >= 11 is 4.51. The van der Waals surface area contributed by atoms with Crippen LogP contribution in [0.15, 0.2) is 52.2 Å². The van der Waals surface area contributed by atoms with Gasteiger partial charge in [-0.3, -0.25) is 10.1 Å². The highest BCUT2D eigenvalue weighted by Crippen LogP contribution is 2.26. The SMILES string of the molecule is O=C(Nc1nnc(SCCCc2ccccc2)s1)c1cccs1. The molecule has 0 spiro atoms. The number of carbonyl (C=O) groups is 1. The second-order valence-electron chi connectivity index (χ2n) is 4.74. The second kappa shape index (κ2) is 8.24. The van der Waals surface area contributed by atoms with E-state index in [4.69, 9.17) is 0 Å². The van der Waals surface area contributed by atoms with Crippen LogP contribution < -0.4 is 5.32 Å². The van der Waals surface area contributed by atoms with Crippen LogP contribution in [0.5, 0.6) is 0 Å². The van der Waals surface area contributed by atoms with E-state index in [-0.39, 0.29) is 5.91 Å². The maximum atomic E-state index is 11.9. The zero-order chi connectivity index (χ0) is 15.9. The Labute approximate surface area is 147 Å². The van der Waals surface area contributed by atoms with Gasteiger partial charge in [-0.2, -0.15) is 0 Å². The molecule has 2 aromatic heterocycles. The van der Waals surface area contributed by atoms with Gasteiger partial charge in [0, 0.05) is 5.75 Å². The van der Waals surface area contributed by atoms with Gasteiger partial charge in [0.05, 0.1) is 4.88 Å². The number of carbonyl (C=O) groups excluding carboxylic acids is 1. The molecule has 23 heavy (non-hydrogen) atoms. The van der Waals surface area contributed by atoms with E-state index in [0.29, 0.717) is 10.0 Å². The Morgan fingerprint density at radius 3 is 2.78 bits per heavy atom. The van der Waals surface area contributed by atoms with Crippen molar-refractivity contribution >= 4 is 45.5 Å². The number of thiophene rings is 1. The molecular formula is C16H15N3OS3. The molecule has 1 N–H and O–H groups in total. The van der Waals surface area contributed by atoms with Crippen LogP contribution >= 0.6 is 34.4 Å². The minimum Gasteiger partial charge on any atom is -0.296 e. The number of nitrogens with one attached hydrogen (secondary N) is 1. The third-order valence-corrected chi connectivity index (χ3v) is 5.98. The number of hydrogen-bond donors (Lipinski definition) is 1. The second-order valence-corrected chi connectivity index (χ2v) is 8.01. The molecule has 3 aromatic rings. The molecule has 2 heterocycles. The number of hydrogen-bond acceptors (Lipinski definition) is 6. The molecule has 3 rings (SSSR count). The van der Waals surface area contributed by atoms with E-state index in [1.807, 2.05) is 17.5 Å². The predicted octanol–water partition coefficient (Wildman–Crippen LogP) is 4.58. The molecule has 0 aliphatic carbocycles. The van der Waals surface area contributed by atoms with Crippen molar-refractivity contribution in [1.29, 1.82) is 0 Å². The minimum atomic E-state index is -0.128. The Bertz CT molecular complexity index is 741. The number of amides is 1. The quantitative estimate of drug-likeness (QED) is 0.380. The standard InChI is InChI=1S/C16H15N3OS3/c20-14(13-9-5-10-21-13)17-15-18-19-16(23-15)22-11-4-8-12-6-2-1-3-7-12/h1-3,5-7,9-10H,4,8,11H2,(H,17,18,20). The predicted molar refractivity (Wildman–Crippen MR) is 97.7 cm³/mol. The topological polar surface area (TPSA) is 54.9 Å². The van der Waals surface area contributed by atoms with Crippen LogP contribution in [0.25, 0.3) is 0 Å². The van der Waals surface area contributed by atoms with Crippen molar-refractivity contribution < 1.29 is 4.79 Å². The van der Waals surface area contributed by atoms with Crippen LogP contribution in [0.1, 0.15) is 21.7 Å². The Morgan fingerprint density at radius 2 is 2.00 bits per heavy atom. The van der Waals surface area contributed by atoms with E-state index < -0.39 is 0 Å². The van der Waals surface area contributed by atoms with Crippen LogP contribution in [-0.2, 0) is 6.42 Å². The molecule has 0 saturated heterocycles. The van der Waals surface area contributed by atoms with E-state index in [0.717, 1.165) is 22.9 Å². The molecule has 0 aliphatic rings. The van der Waals surface area contributed by atoms with E-state index in [2.05, 4.69) is 39.8 Å². The van der Waals surface area contributed by atoms with Gasteiger partial charge in [0.25, 0.3) is 5.91 Å². The zero-order valence-electron chi connectivity index (χ0n) is 12.3. The molecule has 0 saturated carbocycles. The molecule has 0 fully saturated rings. The van der Waals surface area contributed by atoms with Gasteiger partial charge < -0.3 is 0 Å². The lowest BCUT2D eigenvalue weighted by atomic mass is 10.1. The number of nitrogens with zero attached hydrogens (tertiary/aromatic N) is 2. The first-order chi connectivity index (χ1) is 11.3. The van der Waals surface area contributed by atoms with Crippen molar-refractivity contribution in [3.8, 4) is 0 Å². The zero-order valence-corrected chi connectivity index (χ0v) is 14.7. The largest absolute Gasteiger partial charge is 0.296 e. The van der Waals surface area contributed by atoms with Crippen LogP contribution in [0, 0.1) is 0 Å². The molecule has 0 radical (unpaired) electrons. The first kappa shape index (κ1) is 16.2. The molecule has 0 atom stereocenters. The highest BCUT2D eigenvalue weighted by Gasteiger charge is 2.11. The van der Waals surface area contributed by atoms with Crippen molar-refractivity contribution in [1.82, 2.24) is 10.2 Å². The van der Waals surface area contributed by atoms with Crippen molar-refractivity contribution in [2.75, 3.05) is 11.1 Å². The third-order valence-electron chi connectivity index (χ3n) is 3.05. The number of thioether (sulfide) groups is 1. The molecule has 1 aromatic carbocycles. The fourth-order valence-corrected chi connectivity index (χ4v) is 4.34. The van der Waals surface area contributed by atoms with E-state index in [1.165, 1.54) is 28.2 Å². The average Bonchev–Trinajstić information content (AvgIpc) is 3.24. The van der Waals surface area contributed by atoms with E-state index in [9.17, 15) is 4.79 Å². The Kier molecular flexibility index (Phi) is 5.79. The van der Waals surface area contributed by atoms with Crippen molar-refractivity contribution in [3.05, 3.63) is 58.3 Å². The number of aryl methyl sites for hydroxylation is 1. The third kappa shape index (κ3) is 4.89. The summed E-state index contributed by atoms with van der Waals surface area (Å²) in [5, 5.41) is 13.4. The molecule has 1 amide bonds. The van der Waals surface area contributed by atoms with Crippen LogP contribution in [0.4, 0.5) is 5.13 Å². The van der Waals surface area contributed by atoms with Gasteiger partial charge in [0.1, 0.15) is 0 Å². The maximum Gasteiger partial charge on any atom is 0.267 e. The first-order valence-electron chi connectivity index (χ1n) is 7.16. The van der Waals surface area contributed by atoms with Gasteiger partial charge >= 0.3 is 0 Å². The van der Waals surface area contributed by atoms with Gasteiger partial charge in [-0.05, 0) is 29.9 Å². The first-order valence-corrected chi connectivity index (χ1v) is 9.84. The summed E-state index contributed by atoms with van der Waals surface area (Å²) in [4.78, 5) is 12.6. The van der Waals surface area contributed by atoms with Crippen LogP contribution in [0.2, 0.25) is 0 Å². The normalized spacial score (nSPS) is 10.6. The lowest BCUT2D eigenvalue weighted by molar-refractivity contribution is 0.103. The van der Waals surface area contributed by atoms with Crippen LogP contribution in [-0.4, -0.2) is 21.9 Å². The summed E-state index contributed by atoms with van der Waals surface area (Å²) in [6.07, 6.45) is 2.15. The maximum absolute atomic E-state index is 11.9. The lowest BCUT2D eigenvalue weighted by Crippen LogP contribution is -2.09. The molecule has 118 valence electrons. The Morgan fingerprint density at radius 1 is 1.13 bits per heavy atom. The van der Waals surface area contributed by atoms with Gasteiger partial charge in [0.2, 0.25) is 5.13 Å². The number of anilines is 1. The van der Waals surface area contributed by atoms with Crippen molar-refractivity contribution in [3.63, 3.8) is 0 Å². The molecule has 4 nitrogen and oxygen atoms in total. The summed E-state index contributed by atoms with van der Waals surface area (Å²) in [5.41, 5.74) is 1.36. The summed E-state index contributed by atoms with van der Waals surface area (Å²) in [7, 11) is 0. The fraction of sp³-hybridized carbons (Fsp3) is 0.188. The Hall–Kier alpha value is -1.70. The van der Waals surface area contributed by atoms with Gasteiger partial charge in [-0.25, -0.2) is 0 Å². The van der Waals surface area contributed by atoms with Gasteiger partial charge in [-0.15, -0.1) is 21.5 Å². The highest BCUT2D eigenvalue weighted by atomic mass is 32.2. The summed E-state index contributed by atoms with van der Waals surface area (Å²) < 4.78 is 0.888. The monoisotopic (exact) mass is 361 g/mol. The van der Waals surface area contributed by atoms with E-state index >= 15 is 0 Å². The molecule has 0 unspecified atom stereocenters. The summed E-state index contributed by atoms with van der Waals surface area (Å²) in [6.45, 7) is 0. The van der Waals surface area contributed by atoms with Crippen LogP contribution in [0.3, 0.4) is 0 Å². The highest BCUT2D eigenvalue weighted by molar-refractivity contribution is 8.01. The lowest BCUT2D eigenvalue weighted by Gasteiger charge is -1.99. The number of aromatic nitrogens is 2. The molecule has 7 heteroatoms. The summed E-state index contributed by atoms with van der Waals surface area (Å²) in [6, 6.07) is 14.1. The summed E-state index contributed by atoms with van der Waals surface area (Å²) in [5.74, 6) is 0.861. The molecule has 0 bridgehead atoms. The smallest absolute Gasteiger partial charge is 0.267 e. The average molecular weight is 362 g/mol. The minimum absolute atomic E-state index is 0.128.